The number of furan rings is 3. The number of anilines is 6. The first-order valence-corrected chi connectivity index (χ1v) is 24.8. The van der Waals surface area contributed by atoms with Crippen molar-refractivity contribution in [3.63, 3.8) is 0 Å². The minimum absolute atomic E-state index is 0.191. The van der Waals surface area contributed by atoms with Gasteiger partial charge in [-0.25, -0.2) is 8.78 Å². The molecule has 3 heterocycles. The van der Waals surface area contributed by atoms with Gasteiger partial charge in [-0.15, -0.1) is 0 Å². The van der Waals surface area contributed by atoms with Crippen LogP contribution in [0.5, 0.6) is 0 Å². The Kier molecular flexibility index (Phi) is 8.48. The van der Waals surface area contributed by atoms with E-state index < -0.39 is 0 Å². The van der Waals surface area contributed by atoms with Crippen LogP contribution in [-0.4, -0.2) is 0 Å². The van der Waals surface area contributed by atoms with Crippen LogP contribution < -0.4 is 9.80 Å². The Balaban J connectivity index is 0.815. The second-order valence-corrected chi connectivity index (χ2v) is 20.8. The highest BCUT2D eigenvalue weighted by Gasteiger charge is 2.37. The fourth-order valence-electron chi connectivity index (χ4n) is 12.3. The van der Waals surface area contributed by atoms with E-state index in [1.807, 2.05) is 24.3 Å². The van der Waals surface area contributed by atoms with Crippen LogP contribution in [0, 0.1) is 11.6 Å². The van der Waals surface area contributed by atoms with Gasteiger partial charge in [0.05, 0.1) is 0 Å². The van der Waals surface area contributed by atoms with Crippen LogP contribution in [0.15, 0.2) is 207 Å². The Morgan fingerprint density at radius 1 is 0.288 bits per heavy atom. The second-order valence-electron chi connectivity index (χ2n) is 20.8. The van der Waals surface area contributed by atoms with E-state index in [-0.39, 0.29) is 22.5 Å². The van der Waals surface area contributed by atoms with Gasteiger partial charge in [0.25, 0.3) is 0 Å². The van der Waals surface area contributed by atoms with Gasteiger partial charge >= 0.3 is 0 Å². The lowest BCUT2D eigenvalue weighted by atomic mass is 9.82. The lowest BCUT2D eigenvalue weighted by Gasteiger charge is -2.28. The zero-order valence-electron chi connectivity index (χ0n) is 40.4. The fourth-order valence-corrected chi connectivity index (χ4v) is 12.3. The van der Waals surface area contributed by atoms with E-state index in [1.165, 1.54) is 68.8 Å². The minimum Gasteiger partial charge on any atom is -0.456 e. The molecule has 0 N–H and O–H groups in total. The van der Waals surface area contributed by atoms with E-state index in [0.29, 0.717) is 0 Å². The van der Waals surface area contributed by atoms with Crippen molar-refractivity contribution in [2.24, 2.45) is 0 Å². The number of benzene rings is 10. The van der Waals surface area contributed by atoms with Crippen molar-refractivity contribution in [1.29, 1.82) is 0 Å². The molecule has 0 amide bonds. The standard InChI is InChI=1S/C66H44F2N2O3/c1-65(2)55-11-7-5-9-45(55)47-25-21-41(29-57(47)65)69(39-17-13-37(67)14-18-39)43-23-27-49-51-33-63-53(35-61(51)71-59(49)31-43)54-36-62-52(34-64(54)73-63)50-28-24-44(32-60(50)72-62)70(40-19-15-38(68)16-20-40)42-22-26-48-46-10-6-8-12-56(46)66(3,4)58(48)30-42/h5-36H,1-4H3. The predicted molar refractivity (Wildman–Crippen MR) is 293 cm³/mol. The van der Waals surface area contributed by atoms with Crippen molar-refractivity contribution in [2.75, 3.05) is 9.80 Å². The van der Waals surface area contributed by atoms with Crippen LogP contribution in [0.3, 0.4) is 0 Å². The third kappa shape index (κ3) is 6.05. The normalized spacial score (nSPS) is 14.1. The molecule has 0 spiro atoms. The van der Waals surface area contributed by atoms with Gasteiger partial charge in [-0.05, 0) is 166 Å². The molecule has 0 aliphatic heterocycles. The molecule has 13 aromatic rings. The summed E-state index contributed by atoms with van der Waals surface area (Å²) in [7, 11) is 0. The predicted octanol–water partition coefficient (Wildman–Crippen LogP) is 19.2. The number of hydrogen-bond donors (Lipinski definition) is 0. The SMILES string of the molecule is CC1(C)c2ccccc2-c2ccc(N(c3ccc(F)cc3)c3ccc4c(c3)oc3cc5c(cc34)oc3cc4c(cc35)oc3cc(N(c5ccc(F)cc5)c5ccc6c(c5)C(C)(C)c5ccccc5-6)ccc34)cc21. The van der Waals surface area contributed by atoms with Crippen molar-refractivity contribution in [3.8, 4) is 22.3 Å². The molecule has 0 bridgehead atoms. The van der Waals surface area contributed by atoms with E-state index in [9.17, 15) is 8.78 Å². The number of nitrogens with zero attached hydrogens (tertiary/aromatic N) is 2. The van der Waals surface area contributed by atoms with Gasteiger partial charge in [0.2, 0.25) is 0 Å². The maximum absolute atomic E-state index is 14.4. The molecule has 2 aliphatic rings. The molecular weight excluding hydrogens is 907 g/mol. The molecule has 10 aromatic carbocycles. The molecule has 15 rings (SSSR count). The van der Waals surface area contributed by atoms with E-state index in [0.717, 1.165) is 99.9 Å². The number of fused-ring (bicyclic) bond motifs is 15. The van der Waals surface area contributed by atoms with E-state index in [1.54, 1.807) is 0 Å². The maximum atomic E-state index is 14.4. The average molecular weight is 951 g/mol. The van der Waals surface area contributed by atoms with Gasteiger partial charge in [-0.1, -0.05) is 88.4 Å². The number of rotatable bonds is 6. The van der Waals surface area contributed by atoms with Crippen LogP contribution in [0.1, 0.15) is 49.9 Å². The Morgan fingerprint density at radius 2 is 0.589 bits per heavy atom. The van der Waals surface area contributed by atoms with Crippen molar-refractivity contribution in [3.05, 3.63) is 228 Å². The molecule has 0 fully saturated rings. The summed E-state index contributed by atoms with van der Waals surface area (Å²) in [5.74, 6) is -0.580. The Hall–Kier alpha value is -8.94. The summed E-state index contributed by atoms with van der Waals surface area (Å²) in [6.45, 7) is 9.11. The maximum Gasteiger partial charge on any atom is 0.137 e. The lowest BCUT2D eigenvalue weighted by molar-refractivity contribution is 0.627. The molecule has 0 radical (unpaired) electrons. The third-order valence-electron chi connectivity index (χ3n) is 16.0. The topological polar surface area (TPSA) is 45.9 Å². The molecule has 0 saturated heterocycles. The van der Waals surface area contributed by atoms with Crippen molar-refractivity contribution in [1.82, 2.24) is 0 Å². The molecule has 73 heavy (non-hydrogen) atoms. The molecule has 5 nitrogen and oxygen atoms in total. The van der Waals surface area contributed by atoms with E-state index in [4.69, 9.17) is 13.3 Å². The molecule has 7 heteroatoms. The summed E-state index contributed by atoms with van der Waals surface area (Å²) >= 11 is 0. The summed E-state index contributed by atoms with van der Waals surface area (Å²) in [6, 6.07) is 64.7. The van der Waals surface area contributed by atoms with Gasteiger partial charge < -0.3 is 23.1 Å². The zero-order valence-corrected chi connectivity index (χ0v) is 40.4. The second kappa shape index (κ2) is 14.8. The summed E-state index contributed by atoms with van der Waals surface area (Å²) in [4.78, 5) is 4.33. The summed E-state index contributed by atoms with van der Waals surface area (Å²) in [6.07, 6.45) is 0. The summed E-state index contributed by atoms with van der Waals surface area (Å²) < 4.78 is 49.0. The van der Waals surface area contributed by atoms with E-state index >= 15 is 0 Å². The lowest BCUT2D eigenvalue weighted by Crippen LogP contribution is -2.16. The van der Waals surface area contributed by atoms with Gasteiger partial charge in [0, 0.05) is 89.4 Å². The van der Waals surface area contributed by atoms with Crippen LogP contribution in [0.2, 0.25) is 0 Å². The van der Waals surface area contributed by atoms with Crippen LogP contribution in [0.25, 0.3) is 88.1 Å². The Labute approximate surface area is 418 Å². The van der Waals surface area contributed by atoms with Gasteiger partial charge in [0.1, 0.15) is 45.1 Å². The quantitative estimate of drug-likeness (QED) is 0.166. The van der Waals surface area contributed by atoms with Gasteiger partial charge in [-0.2, -0.15) is 0 Å². The molecule has 0 atom stereocenters. The average Bonchev–Trinajstić information content (AvgIpc) is 4.17. The molecule has 0 unspecified atom stereocenters. The first kappa shape index (κ1) is 41.8. The number of halogens is 2. The van der Waals surface area contributed by atoms with E-state index in [2.05, 4.69) is 183 Å². The third-order valence-corrected chi connectivity index (χ3v) is 16.0. The largest absolute Gasteiger partial charge is 0.456 e. The number of hydrogen-bond acceptors (Lipinski definition) is 5. The highest BCUT2D eigenvalue weighted by Crippen LogP contribution is 2.53. The Morgan fingerprint density at radius 3 is 0.986 bits per heavy atom. The first-order chi connectivity index (χ1) is 35.5. The van der Waals surface area contributed by atoms with Crippen molar-refractivity contribution in [2.45, 2.75) is 38.5 Å². The van der Waals surface area contributed by atoms with Crippen LogP contribution in [0.4, 0.5) is 42.9 Å². The first-order valence-electron chi connectivity index (χ1n) is 24.8. The molecule has 0 saturated carbocycles. The van der Waals surface area contributed by atoms with Gasteiger partial charge in [-0.3, -0.25) is 0 Å². The van der Waals surface area contributed by atoms with Crippen molar-refractivity contribution < 1.29 is 22.0 Å². The van der Waals surface area contributed by atoms with Crippen LogP contribution in [-0.2, 0) is 10.8 Å². The fraction of sp³-hybridized carbons (Fsp3) is 0.0909. The molecule has 3 aromatic heterocycles. The zero-order chi connectivity index (χ0) is 49.1. The van der Waals surface area contributed by atoms with Crippen molar-refractivity contribution >= 4 is 99.9 Å². The highest BCUT2D eigenvalue weighted by atomic mass is 19.1. The molecule has 350 valence electrons. The minimum atomic E-state index is -0.290. The molecule has 2 aliphatic carbocycles. The molecular formula is C66H44F2N2O3. The highest BCUT2D eigenvalue weighted by molar-refractivity contribution is 6.19. The van der Waals surface area contributed by atoms with Crippen LogP contribution >= 0.6 is 0 Å². The van der Waals surface area contributed by atoms with Gasteiger partial charge in [0.15, 0.2) is 0 Å². The monoisotopic (exact) mass is 950 g/mol. The summed E-state index contributed by atoms with van der Waals surface area (Å²) in [5.41, 5.74) is 19.5. The smallest absolute Gasteiger partial charge is 0.137 e. The summed E-state index contributed by atoms with van der Waals surface area (Å²) in [5, 5.41) is 5.66. The Bertz CT molecular complexity index is 4190.